The Morgan fingerprint density at radius 3 is 2.73 bits per heavy atom. The standard InChI is InChI=1S/C35H41ClN2O5S/c1-5-35(42-4)17-6-8-23(2)24(3)44(40,41)37-33(39)26-11-15-32-31(19-26)38(20-27-10-13-30(27)35)21-34(22-43-32)16-7-9-25-18-28(36)12-14-29(25)34/h1,6,11-12,14-15,17-19,23-24,27,30H,7-10,13,16,20-22H2,2-4H3,(H,37,39)/b17-6-/t23-,24+,27-,30+,34-,35+/m0/s1. The molecule has 0 radical (unpaired) electrons. The molecule has 1 saturated carbocycles. The minimum Gasteiger partial charge on any atom is -0.490 e. The highest BCUT2D eigenvalue weighted by Crippen LogP contribution is 2.49. The molecule has 1 amide bonds. The minimum atomic E-state index is -3.95. The van der Waals surface area contributed by atoms with E-state index in [0.29, 0.717) is 31.9 Å². The average Bonchev–Trinajstić information content (AvgIpc) is 3.14. The molecule has 1 N–H and O–H groups in total. The van der Waals surface area contributed by atoms with Gasteiger partial charge in [0, 0.05) is 42.1 Å². The van der Waals surface area contributed by atoms with E-state index in [1.165, 1.54) is 11.1 Å². The second-order valence-electron chi connectivity index (χ2n) is 13.2. The van der Waals surface area contributed by atoms with Gasteiger partial charge in [0.1, 0.15) is 11.4 Å². The first-order chi connectivity index (χ1) is 21.0. The highest BCUT2D eigenvalue weighted by atomic mass is 35.5. The van der Waals surface area contributed by atoms with Crippen LogP contribution >= 0.6 is 11.6 Å². The summed E-state index contributed by atoms with van der Waals surface area (Å²) in [6, 6.07) is 11.4. The van der Waals surface area contributed by atoms with Crippen LogP contribution in [0, 0.1) is 30.1 Å². The van der Waals surface area contributed by atoms with Crippen LogP contribution in [0.2, 0.25) is 5.02 Å². The van der Waals surface area contributed by atoms with E-state index in [-0.39, 0.29) is 28.7 Å². The number of ether oxygens (including phenoxy) is 2. The van der Waals surface area contributed by atoms with Crippen LogP contribution in [-0.4, -0.2) is 52.0 Å². The van der Waals surface area contributed by atoms with Crippen LogP contribution in [0.15, 0.2) is 48.6 Å². The molecule has 7 nitrogen and oxygen atoms in total. The van der Waals surface area contributed by atoms with E-state index in [9.17, 15) is 13.2 Å². The molecular weight excluding hydrogens is 596 g/mol. The zero-order chi connectivity index (χ0) is 31.3. The Bertz CT molecular complexity index is 1630. The number of aryl methyl sites for hydroxylation is 1. The average molecular weight is 637 g/mol. The third-order valence-corrected chi connectivity index (χ3v) is 12.8. The maximum Gasteiger partial charge on any atom is 0.264 e. The van der Waals surface area contributed by atoms with Gasteiger partial charge in [-0.3, -0.25) is 4.79 Å². The number of carbonyl (C=O) groups excluding carboxylic acids is 1. The second kappa shape index (κ2) is 11.7. The van der Waals surface area contributed by atoms with Crippen molar-refractivity contribution in [1.29, 1.82) is 0 Å². The van der Waals surface area contributed by atoms with Gasteiger partial charge in [0.2, 0.25) is 10.0 Å². The first kappa shape index (κ1) is 31.0. The number of hydrogen-bond acceptors (Lipinski definition) is 6. The molecular formula is C35H41ClN2O5S. The summed E-state index contributed by atoms with van der Waals surface area (Å²) in [5.74, 6) is 3.07. The Morgan fingerprint density at radius 1 is 1.18 bits per heavy atom. The summed E-state index contributed by atoms with van der Waals surface area (Å²) in [5, 5.41) is -0.0721. The molecule has 1 spiro atoms. The van der Waals surface area contributed by atoms with E-state index < -0.39 is 26.8 Å². The molecule has 2 aromatic rings. The Balaban J connectivity index is 1.46. The van der Waals surface area contributed by atoms with Crippen LogP contribution in [0.5, 0.6) is 5.75 Å². The Hall–Kier alpha value is -2.99. The molecule has 234 valence electrons. The van der Waals surface area contributed by atoms with Gasteiger partial charge in [0.15, 0.2) is 0 Å². The van der Waals surface area contributed by atoms with Crippen molar-refractivity contribution >= 4 is 33.2 Å². The lowest BCUT2D eigenvalue weighted by Crippen LogP contribution is -2.52. The number of amides is 1. The molecule has 2 bridgehead atoms. The number of benzene rings is 2. The number of halogens is 1. The number of terminal acetylenes is 1. The van der Waals surface area contributed by atoms with Crippen LogP contribution in [0.1, 0.15) is 67.4 Å². The number of nitrogens with one attached hydrogen (secondary N) is 1. The van der Waals surface area contributed by atoms with E-state index in [4.69, 9.17) is 27.5 Å². The van der Waals surface area contributed by atoms with E-state index in [2.05, 4.69) is 27.7 Å². The van der Waals surface area contributed by atoms with Crippen molar-refractivity contribution in [2.45, 2.75) is 68.6 Å². The van der Waals surface area contributed by atoms with Gasteiger partial charge < -0.3 is 14.4 Å². The summed E-state index contributed by atoms with van der Waals surface area (Å²) >= 11 is 6.41. The first-order valence-corrected chi connectivity index (χ1v) is 17.5. The maximum atomic E-state index is 13.4. The zero-order valence-electron chi connectivity index (χ0n) is 25.6. The van der Waals surface area contributed by atoms with Crippen molar-refractivity contribution < 1.29 is 22.7 Å². The second-order valence-corrected chi connectivity index (χ2v) is 15.6. The summed E-state index contributed by atoms with van der Waals surface area (Å²) in [4.78, 5) is 15.8. The number of carbonyl (C=O) groups is 1. The van der Waals surface area contributed by atoms with Gasteiger partial charge in [-0.05, 0) is 105 Å². The summed E-state index contributed by atoms with van der Waals surface area (Å²) in [6.07, 6.45) is 15.4. The van der Waals surface area contributed by atoms with Crippen molar-refractivity contribution in [2.75, 3.05) is 31.7 Å². The normalized spacial score (nSPS) is 33.8. The molecule has 0 unspecified atom stereocenters. The molecule has 0 saturated heterocycles. The molecule has 9 heteroatoms. The van der Waals surface area contributed by atoms with Gasteiger partial charge in [-0.15, -0.1) is 6.42 Å². The number of anilines is 1. The minimum absolute atomic E-state index is 0.0885. The molecule has 6 rings (SSSR count). The van der Waals surface area contributed by atoms with Gasteiger partial charge in [-0.1, -0.05) is 36.6 Å². The maximum absolute atomic E-state index is 13.4. The number of hydrogen-bond donors (Lipinski definition) is 1. The fraction of sp³-hybridized carbons (Fsp3) is 0.514. The molecule has 1 fully saturated rings. The molecule has 44 heavy (non-hydrogen) atoms. The lowest BCUT2D eigenvalue weighted by atomic mass is 9.64. The highest BCUT2D eigenvalue weighted by Gasteiger charge is 2.48. The van der Waals surface area contributed by atoms with Crippen molar-refractivity contribution in [3.63, 3.8) is 0 Å². The molecule has 0 aromatic heterocycles. The fourth-order valence-corrected chi connectivity index (χ4v) is 9.16. The van der Waals surface area contributed by atoms with Crippen LogP contribution < -0.4 is 14.4 Å². The number of rotatable bonds is 1. The molecule has 2 aliphatic carbocycles. The smallest absolute Gasteiger partial charge is 0.264 e. The van der Waals surface area contributed by atoms with E-state index in [1.807, 2.05) is 25.1 Å². The van der Waals surface area contributed by atoms with Gasteiger partial charge in [0.05, 0.1) is 17.5 Å². The van der Waals surface area contributed by atoms with Gasteiger partial charge in [0.25, 0.3) is 5.91 Å². The summed E-state index contributed by atoms with van der Waals surface area (Å²) in [7, 11) is -2.29. The number of sulfonamides is 1. The van der Waals surface area contributed by atoms with Crippen LogP contribution in [0.4, 0.5) is 5.69 Å². The molecule has 2 heterocycles. The van der Waals surface area contributed by atoms with Gasteiger partial charge >= 0.3 is 0 Å². The Labute approximate surface area is 266 Å². The predicted molar refractivity (Wildman–Crippen MR) is 174 cm³/mol. The van der Waals surface area contributed by atoms with Crippen molar-refractivity contribution in [2.24, 2.45) is 17.8 Å². The number of nitrogens with zero attached hydrogens (tertiary/aromatic N) is 1. The lowest BCUT2D eigenvalue weighted by Gasteiger charge is -2.48. The summed E-state index contributed by atoms with van der Waals surface area (Å²) in [5.41, 5.74) is 2.39. The summed E-state index contributed by atoms with van der Waals surface area (Å²) < 4.78 is 41.6. The third kappa shape index (κ3) is 5.42. The summed E-state index contributed by atoms with van der Waals surface area (Å²) in [6.45, 7) is 5.36. The SMILES string of the molecule is C#C[C@@]1(OC)/C=C\C[C@H](C)[C@@H](C)S(=O)(=O)NC(=O)c2ccc3c(c2)N(C[C@@H]2CC[C@H]21)C[C@@]1(CCCc2cc(Cl)ccc21)CO3. The largest absolute Gasteiger partial charge is 0.490 e. The van der Waals surface area contributed by atoms with Crippen molar-refractivity contribution in [1.82, 2.24) is 4.72 Å². The van der Waals surface area contributed by atoms with Crippen molar-refractivity contribution in [3.8, 4) is 18.1 Å². The Morgan fingerprint density at radius 2 is 2.00 bits per heavy atom. The molecule has 2 aromatic carbocycles. The van der Waals surface area contributed by atoms with E-state index in [0.717, 1.165) is 42.8 Å². The highest BCUT2D eigenvalue weighted by molar-refractivity contribution is 7.90. The number of fused-ring (bicyclic) bond motifs is 4. The van der Waals surface area contributed by atoms with Gasteiger partial charge in [-0.25, -0.2) is 13.1 Å². The van der Waals surface area contributed by atoms with Crippen LogP contribution in [-0.2, 0) is 26.6 Å². The molecule has 6 atom stereocenters. The van der Waals surface area contributed by atoms with Gasteiger partial charge in [-0.2, -0.15) is 0 Å². The number of allylic oxidation sites excluding steroid dienone is 1. The topological polar surface area (TPSA) is 84.9 Å². The lowest BCUT2D eigenvalue weighted by molar-refractivity contribution is -0.0349. The Kier molecular flexibility index (Phi) is 8.28. The third-order valence-electron chi connectivity index (χ3n) is 10.7. The first-order valence-electron chi connectivity index (χ1n) is 15.6. The fourth-order valence-electron chi connectivity index (χ4n) is 7.68. The van der Waals surface area contributed by atoms with E-state index in [1.54, 1.807) is 32.2 Å². The van der Waals surface area contributed by atoms with Crippen LogP contribution in [0.25, 0.3) is 0 Å². The molecule has 2 aliphatic heterocycles. The monoisotopic (exact) mass is 636 g/mol. The zero-order valence-corrected chi connectivity index (χ0v) is 27.2. The quantitative estimate of drug-likeness (QED) is 0.310. The molecule has 4 aliphatic rings. The predicted octanol–water partition coefficient (Wildman–Crippen LogP) is 5.90. The van der Waals surface area contributed by atoms with E-state index >= 15 is 0 Å². The number of methoxy groups -OCH3 is 1. The van der Waals surface area contributed by atoms with Crippen molar-refractivity contribution in [3.05, 3.63) is 70.3 Å². The van der Waals surface area contributed by atoms with Crippen LogP contribution in [0.3, 0.4) is 0 Å².